The van der Waals surface area contributed by atoms with Gasteiger partial charge in [0.1, 0.15) is 0 Å². The van der Waals surface area contributed by atoms with Crippen LogP contribution < -0.4 is 0 Å². The fourth-order valence-corrected chi connectivity index (χ4v) is 6.08. The van der Waals surface area contributed by atoms with E-state index in [1.165, 1.54) is 51.4 Å². The summed E-state index contributed by atoms with van der Waals surface area (Å²) in [6, 6.07) is 0. The van der Waals surface area contributed by atoms with Gasteiger partial charge in [0.2, 0.25) is 0 Å². The number of rotatable bonds is 41. The van der Waals surface area contributed by atoms with Crippen LogP contribution in [0, 0.1) is 0 Å². The van der Waals surface area contributed by atoms with E-state index in [0.717, 1.165) is 77.3 Å². The number of nitrogens with zero attached hydrogens (tertiary/aromatic N) is 1. The average Bonchev–Trinajstić information content (AvgIpc) is 3.15. The van der Waals surface area contributed by atoms with Gasteiger partial charge in [0.05, 0.1) is 32.8 Å². The van der Waals surface area contributed by atoms with Crippen molar-refractivity contribution in [1.82, 2.24) is 4.90 Å². The lowest BCUT2D eigenvalue weighted by Crippen LogP contribution is -2.36. The Balaban J connectivity index is 4.01. The molecule has 0 aliphatic rings. The molecule has 0 aromatic carbocycles. The number of hydrogen-bond donors (Lipinski definition) is 1. The molecule has 0 fully saturated rings. The number of halogens is 5. The fraction of sp³-hybridized carbons (Fsp3) is 0.952. The van der Waals surface area contributed by atoms with Gasteiger partial charge in [-0.15, -0.1) is 0 Å². The van der Waals surface area contributed by atoms with Gasteiger partial charge in [-0.3, -0.25) is 4.79 Å². The van der Waals surface area contributed by atoms with Crippen LogP contribution in [0.1, 0.15) is 181 Å². The van der Waals surface area contributed by atoms with Gasteiger partial charge in [-0.05, 0) is 70.9 Å². The molecule has 0 heterocycles. The van der Waals surface area contributed by atoms with Crippen LogP contribution in [0.5, 0.6) is 0 Å². The highest BCUT2D eigenvalue weighted by Gasteiger charge is 2.56. The summed E-state index contributed by atoms with van der Waals surface area (Å²) in [7, 11) is 0. The lowest BCUT2D eigenvalue weighted by atomic mass is 10.1. The smallest absolute Gasteiger partial charge is 0.466 e. The van der Waals surface area contributed by atoms with Crippen molar-refractivity contribution in [2.75, 3.05) is 59.3 Å². The molecule has 0 unspecified atom stereocenters. The van der Waals surface area contributed by atoms with Gasteiger partial charge in [0.15, 0.2) is 6.29 Å². The van der Waals surface area contributed by atoms with Gasteiger partial charge >= 0.3 is 24.2 Å². The van der Waals surface area contributed by atoms with Crippen molar-refractivity contribution in [1.29, 1.82) is 0 Å². The predicted molar refractivity (Wildman–Crippen MR) is 210 cm³/mol. The molecule has 334 valence electrons. The summed E-state index contributed by atoms with van der Waals surface area (Å²) in [4.78, 5) is 26.3. The van der Waals surface area contributed by atoms with E-state index in [4.69, 9.17) is 23.7 Å². The van der Waals surface area contributed by atoms with E-state index in [0.29, 0.717) is 52.0 Å². The largest absolute Gasteiger partial charge is 0.508 e. The number of carbonyl (C=O) groups is 2. The maximum Gasteiger partial charge on any atom is 0.508 e. The van der Waals surface area contributed by atoms with Gasteiger partial charge in [-0.1, -0.05) is 104 Å². The maximum atomic E-state index is 12.9. The zero-order valence-electron chi connectivity index (χ0n) is 35.0. The van der Waals surface area contributed by atoms with Gasteiger partial charge < -0.3 is 33.7 Å². The molecule has 56 heavy (non-hydrogen) atoms. The van der Waals surface area contributed by atoms with Crippen LogP contribution in [0.25, 0.3) is 0 Å². The summed E-state index contributed by atoms with van der Waals surface area (Å²) in [6.45, 7) is 8.65. The summed E-state index contributed by atoms with van der Waals surface area (Å²) < 4.78 is 89.8. The van der Waals surface area contributed by atoms with Crippen molar-refractivity contribution in [3.05, 3.63) is 0 Å². The lowest BCUT2D eigenvalue weighted by molar-refractivity contribution is -0.284. The molecule has 0 aromatic rings. The highest BCUT2D eigenvalue weighted by Crippen LogP contribution is 2.39. The second-order valence-corrected chi connectivity index (χ2v) is 14.8. The Morgan fingerprint density at radius 1 is 0.536 bits per heavy atom. The molecular formula is C42H78F5NO8. The third kappa shape index (κ3) is 34.3. The Morgan fingerprint density at radius 2 is 0.946 bits per heavy atom. The number of alkyl halides is 5. The molecule has 0 atom stereocenters. The molecule has 0 rings (SSSR count). The molecule has 14 heteroatoms. The monoisotopic (exact) mass is 820 g/mol. The highest BCUT2D eigenvalue weighted by molar-refractivity contribution is 5.69. The first-order valence-corrected chi connectivity index (χ1v) is 21.9. The average molecular weight is 820 g/mol. The third-order valence-corrected chi connectivity index (χ3v) is 9.59. The van der Waals surface area contributed by atoms with Crippen molar-refractivity contribution < 1.29 is 60.3 Å². The Morgan fingerprint density at radius 3 is 1.43 bits per heavy atom. The summed E-state index contributed by atoms with van der Waals surface area (Å²) in [6.07, 6.45) is 13.8. The first kappa shape index (κ1) is 54.2. The number of ether oxygens (including phenoxy) is 5. The quantitative estimate of drug-likeness (QED) is 0.0279. The number of aliphatic hydroxyl groups is 1. The van der Waals surface area contributed by atoms with E-state index < -0.39 is 24.7 Å². The lowest BCUT2D eigenvalue weighted by Gasteiger charge is -2.21. The van der Waals surface area contributed by atoms with Gasteiger partial charge in [0.25, 0.3) is 0 Å². The number of esters is 1. The van der Waals surface area contributed by atoms with Crippen LogP contribution in [0.4, 0.5) is 26.7 Å². The third-order valence-electron chi connectivity index (χ3n) is 9.59. The van der Waals surface area contributed by atoms with E-state index in [1.807, 2.05) is 0 Å². The van der Waals surface area contributed by atoms with Gasteiger partial charge in [-0.25, -0.2) is 4.79 Å². The van der Waals surface area contributed by atoms with Gasteiger partial charge in [-0.2, -0.15) is 22.0 Å². The first-order valence-electron chi connectivity index (χ1n) is 21.9. The highest BCUT2D eigenvalue weighted by atomic mass is 19.4. The van der Waals surface area contributed by atoms with Crippen LogP contribution in [-0.2, 0) is 28.5 Å². The summed E-state index contributed by atoms with van der Waals surface area (Å²) in [5, 5.41) is 9.47. The van der Waals surface area contributed by atoms with Crippen LogP contribution in [0.15, 0.2) is 0 Å². The van der Waals surface area contributed by atoms with Gasteiger partial charge in [0, 0.05) is 32.6 Å². The van der Waals surface area contributed by atoms with E-state index in [-0.39, 0.29) is 51.3 Å². The van der Waals surface area contributed by atoms with Crippen molar-refractivity contribution in [2.24, 2.45) is 0 Å². The number of unbranched alkanes of at least 4 members (excludes halogenated alkanes) is 18. The molecule has 0 amide bonds. The Labute approximate surface area is 335 Å². The zero-order chi connectivity index (χ0) is 41.6. The molecule has 0 saturated heterocycles. The number of hydrogen-bond acceptors (Lipinski definition) is 9. The Kier molecular flexibility index (Phi) is 36.3. The van der Waals surface area contributed by atoms with E-state index in [2.05, 4.69) is 18.7 Å². The molecule has 0 spiro atoms. The molecule has 1 N–H and O–H groups in total. The summed E-state index contributed by atoms with van der Waals surface area (Å²) in [5.41, 5.74) is 0. The van der Waals surface area contributed by atoms with Crippen LogP contribution in [-0.4, -0.2) is 99.8 Å². The molecular weight excluding hydrogens is 741 g/mol. The SMILES string of the molecule is CCCCCCCCOC(CCC(=O)OCCCCCCN(CCO)CCCCCOC(=O)OCCCCCCC(F)(F)C(F)(F)F)OCCCCCCCC. The minimum Gasteiger partial charge on any atom is -0.466 e. The minimum absolute atomic E-state index is 0.0146. The number of carbonyl (C=O) groups excluding carboxylic acids is 2. The van der Waals surface area contributed by atoms with E-state index in [9.17, 15) is 36.6 Å². The Hall–Kier alpha value is -1.77. The molecule has 0 aliphatic heterocycles. The fourth-order valence-electron chi connectivity index (χ4n) is 6.08. The zero-order valence-corrected chi connectivity index (χ0v) is 35.0. The topological polar surface area (TPSA) is 104 Å². The maximum absolute atomic E-state index is 12.9. The first-order chi connectivity index (χ1) is 27.0. The summed E-state index contributed by atoms with van der Waals surface area (Å²) in [5.74, 6) is -4.90. The second kappa shape index (κ2) is 37.5. The molecule has 0 aromatic heterocycles. The van der Waals surface area contributed by atoms with Crippen molar-refractivity contribution in [3.63, 3.8) is 0 Å². The molecule has 0 radical (unpaired) electrons. The van der Waals surface area contributed by atoms with Crippen LogP contribution in [0.2, 0.25) is 0 Å². The normalized spacial score (nSPS) is 12.2. The predicted octanol–water partition coefficient (Wildman–Crippen LogP) is 11.7. The number of aliphatic hydroxyl groups excluding tert-OH is 1. The van der Waals surface area contributed by atoms with Crippen LogP contribution >= 0.6 is 0 Å². The second-order valence-electron chi connectivity index (χ2n) is 14.8. The van der Waals surface area contributed by atoms with Crippen molar-refractivity contribution in [2.45, 2.75) is 199 Å². The molecule has 0 aliphatic carbocycles. The van der Waals surface area contributed by atoms with Crippen molar-refractivity contribution in [3.8, 4) is 0 Å². The summed E-state index contributed by atoms with van der Waals surface area (Å²) >= 11 is 0. The van der Waals surface area contributed by atoms with Crippen molar-refractivity contribution >= 4 is 12.1 Å². The molecule has 0 bridgehead atoms. The van der Waals surface area contributed by atoms with E-state index >= 15 is 0 Å². The minimum atomic E-state index is -5.53. The Bertz CT molecular complexity index is 882. The molecule has 0 saturated carbocycles. The molecule has 9 nitrogen and oxygen atoms in total. The van der Waals surface area contributed by atoms with Crippen LogP contribution in [0.3, 0.4) is 0 Å². The standard InChI is InChI=1S/C42H78F5NO8/c1-3-5-7-9-13-22-34-53-39(54-35-23-14-10-8-6-4-2)27-26-38(50)52-33-21-16-12-19-29-48(31-32-49)30-20-17-25-37-56-40(51)55-36-24-15-11-18-28-41(43,44)42(45,46)47/h39,49H,3-37H2,1-2H3. The van der Waals surface area contributed by atoms with E-state index in [1.54, 1.807) is 0 Å².